The van der Waals surface area contributed by atoms with E-state index >= 15 is 0 Å². The SMILES string of the molecule is C[C@H](NCc1cccnc1)c1ccc(Cl)cc1Cl. The predicted octanol–water partition coefficient (Wildman–Crippen LogP) is 4.24. The average molecular weight is 281 g/mol. The van der Waals surface area contributed by atoms with Crippen LogP contribution in [0.3, 0.4) is 0 Å². The minimum Gasteiger partial charge on any atom is -0.306 e. The van der Waals surface area contributed by atoms with Crippen molar-refractivity contribution in [2.45, 2.75) is 19.5 Å². The number of benzene rings is 1. The van der Waals surface area contributed by atoms with E-state index in [4.69, 9.17) is 23.2 Å². The van der Waals surface area contributed by atoms with Crippen molar-refractivity contribution in [3.8, 4) is 0 Å². The molecule has 0 radical (unpaired) electrons. The van der Waals surface area contributed by atoms with Crippen LogP contribution >= 0.6 is 23.2 Å². The monoisotopic (exact) mass is 280 g/mol. The summed E-state index contributed by atoms with van der Waals surface area (Å²) >= 11 is 12.1. The Morgan fingerprint density at radius 2 is 2.11 bits per heavy atom. The van der Waals surface area contributed by atoms with Gasteiger partial charge in [0.15, 0.2) is 0 Å². The minimum absolute atomic E-state index is 0.162. The lowest BCUT2D eigenvalue weighted by atomic mass is 10.1. The fourth-order valence-corrected chi connectivity index (χ4v) is 2.31. The smallest absolute Gasteiger partial charge is 0.0468 e. The highest BCUT2D eigenvalue weighted by molar-refractivity contribution is 6.35. The van der Waals surface area contributed by atoms with Gasteiger partial charge in [0, 0.05) is 35.0 Å². The van der Waals surface area contributed by atoms with Gasteiger partial charge in [-0.05, 0) is 36.2 Å². The zero-order chi connectivity index (χ0) is 13.0. The van der Waals surface area contributed by atoms with E-state index in [9.17, 15) is 0 Å². The van der Waals surface area contributed by atoms with Crippen LogP contribution in [0.2, 0.25) is 10.0 Å². The molecule has 2 rings (SSSR count). The Kier molecular flexibility index (Phi) is 4.59. The first-order chi connectivity index (χ1) is 8.66. The summed E-state index contributed by atoms with van der Waals surface area (Å²) < 4.78 is 0. The molecule has 0 unspecified atom stereocenters. The summed E-state index contributed by atoms with van der Waals surface area (Å²) in [5.74, 6) is 0. The highest BCUT2D eigenvalue weighted by Crippen LogP contribution is 2.26. The van der Waals surface area contributed by atoms with Crippen LogP contribution in [0, 0.1) is 0 Å². The van der Waals surface area contributed by atoms with Gasteiger partial charge in [0.1, 0.15) is 0 Å². The van der Waals surface area contributed by atoms with Gasteiger partial charge in [-0.15, -0.1) is 0 Å². The molecule has 0 aliphatic heterocycles. The maximum atomic E-state index is 6.17. The molecular formula is C14H14Cl2N2. The van der Waals surface area contributed by atoms with Crippen molar-refractivity contribution in [2.75, 3.05) is 0 Å². The van der Waals surface area contributed by atoms with Crippen molar-refractivity contribution >= 4 is 23.2 Å². The van der Waals surface area contributed by atoms with Crippen molar-refractivity contribution in [2.24, 2.45) is 0 Å². The van der Waals surface area contributed by atoms with Crippen LogP contribution in [0.4, 0.5) is 0 Å². The molecule has 0 aliphatic carbocycles. The van der Waals surface area contributed by atoms with Crippen molar-refractivity contribution in [3.63, 3.8) is 0 Å². The van der Waals surface area contributed by atoms with Gasteiger partial charge in [-0.25, -0.2) is 0 Å². The maximum Gasteiger partial charge on any atom is 0.0468 e. The van der Waals surface area contributed by atoms with E-state index in [0.29, 0.717) is 10.0 Å². The molecule has 4 heteroatoms. The lowest BCUT2D eigenvalue weighted by molar-refractivity contribution is 0.574. The number of aromatic nitrogens is 1. The van der Waals surface area contributed by atoms with Gasteiger partial charge in [-0.3, -0.25) is 4.98 Å². The molecule has 1 heterocycles. The van der Waals surface area contributed by atoms with Gasteiger partial charge in [0.25, 0.3) is 0 Å². The molecule has 0 fully saturated rings. The van der Waals surface area contributed by atoms with Gasteiger partial charge in [-0.2, -0.15) is 0 Å². The number of hydrogen-bond acceptors (Lipinski definition) is 2. The van der Waals surface area contributed by atoms with E-state index in [0.717, 1.165) is 17.7 Å². The number of nitrogens with one attached hydrogen (secondary N) is 1. The number of hydrogen-bond donors (Lipinski definition) is 1. The minimum atomic E-state index is 0.162. The van der Waals surface area contributed by atoms with Crippen molar-refractivity contribution in [3.05, 3.63) is 63.9 Å². The normalized spacial score (nSPS) is 12.4. The summed E-state index contributed by atoms with van der Waals surface area (Å²) in [5, 5.41) is 4.75. The highest BCUT2D eigenvalue weighted by Gasteiger charge is 2.09. The molecule has 0 spiro atoms. The quantitative estimate of drug-likeness (QED) is 0.906. The predicted molar refractivity (Wildman–Crippen MR) is 76.0 cm³/mol. The first kappa shape index (κ1) is 13.3. The van der Waals surface area contributed by atoms with Gasteiger partial charge < -0.3 is 5.32 Å². The van der Waals surface area contributed by atoms with E-state index in [2.05, 4.69) is 17.2 Å². The second-order valence-electron chi connectivity index (χ2n) is 4.13. The third kappa shape index (κ3) is 3.45. The molecule has 1 atom stereocenters. The standard InChI is InChI=1S/C14H14Cl2N2/c1-10(13-5-4-12(15)7-14(13)16)18-9-11-3-2-6-17-8-11/h2-8,10,18H,9H2,1H3/t10-/m0/s1. The Morgan fingerprint density at radius 1 is 1.28 bits per heavy atom. The molecule has 2 nitrogen and oxygen atoms in total. The number of pyridine rings is 1. The highest BCUT2D eigenvalue weighted by atomic mass is 35.5. The van der Waals surface area contributed by atoms with Crippen molar-refractivity contribution < 1.29 is 0 Å². The van der Waals surface area contributed by atoms with E-state index in [-0.39, 0.29) is 6.04 Å². The number of rotatable bonds is 4. The Hall–Kier alpha value is -1.09. The second-order valence-corrected chi connectivity index (χ2v) is 4.97. The molecule has 0 bridgehead atoms. The number of nitrogens with zero attached hydrogens (tertiary/aromatic N) is 1. The van der Waals surface area contributed by atoms with E-state index in [1.807, 2.05) is 30.5 Å². The summed E-state index contributed by atoms with van der Waals surface area (Å²) in [6.07, 6.45) is 3.62. The van der Waals surface area contributed by atoms with Crippen LogP contribution in [0.5, 0.6) is 0 Å². The van der Waals surface area contributed by atoms with Crippen LogP contribution in [-0.2, 0) is 6.54 Å². The zero-order valence-electron chi connectivity index (χ0n) is 10.0. The second kappa shape index (κ2) is 6.19. The zero-order valence-corrected chi connectivity index (χ0v) is 11.5. The lowest BCUT2D eigenvalue weighted by Crippen LogP contribution is -2.18. The molecule has 94 valence electrons. The van der Waals surface area contributed by atoms with Gasteiger partial charge in [0.2, 0.25) is 0 Å². The summed E-state index contributed by atoms with van der Waals surface area (Å²) in [4.78, 5) is 4.08. The molecule has 0 saturated heterocycles. The third-order valence-corrected chi connectivity index (χ3v) is 3.33. The Morgan fingerprint density at radius 3 is 2.78 bits per heavy atom. The first-order valence-electron chi connectivity index (χ1n) is 5.74. The molecule has 0 amide bonds. The fourth-order valence-electron chi connectivity index (χ4n) is 1.74. The third-order valence-electron chi connectivity index (χ3n) is 2.76. The van der Waals surface area contributed by atoms with Crippen LogP contribution in [0.25, 0.3) is 0 Å². The summed E-state index contributed by atoms with van der Waals surface area (Å²) in [6, 6.07) is 9.69. The van der Waals surface area contributed by atoms with Crippen LogP contribution in [0.15, 0.2) is 42.7 Å². The van der Waals surface area contributed by atoms with Gasteiger partial charge in [0.05, 0.1) is 0 Å². The molecule has 0 saturated carbocycles. The largest absolute Gasteiger partial charge is 0.306 e. The van der Waals surface area contributed by atoms with Crippen LogP contribution in [0.1, 0.15) is 24.1 Å². The molecular weight excluding hydrogens is 267 g/mol. The molecule has 1 aromatic carbocycles. The van der Waals surface area contributed by atoms with Gasteiger partial charge in [-0.1, -0.05) is 35.3 Å². The summed E-state index contributed by atoms with van der Waals surface area (Å²) in [5.41, 5.74) is 2.19. The lowest BCUT2D eigenvalue weighted by Gasteiger charge is -2.15. The van der Waals surface area contributed by atoms with E-state index < -0.39 is 0 Å². The summed E-state index contributed by atoms with van der Waals surface area (Å²) in [7, 11) is 0. The Bertz CT molecular complexity index is 514. The number of halogens is 2. The Labute approximate surface area is 117 Å². The van der Waals surface area contributed by atoms with Crippen LogP contribution < -0.4 is 5.32 Å². The molecule has 2 aromatic rings. The fraction of sp³-hybridized carbons (Fsp3) is 0.214. The van der Waals surface area contributed by atoms with Gasteiger partial charge >= 0.3 is 0 Å². The van der Waals surface area contributed by atoms with Crippen LogP contribution in [-0.4, -0.2) is 4.98 Å². The summed E-state index contributed by atoms with van der Waals surface area (Å²) in [6.45, 7) is 2.83. The average Bonchev–Trinajstić information content (AvgIpc) is 2.37. The van der Waals surface area contributed by atoms with Crippen molar-refractivity contribution in [1.82, 2.24) is 10.3 Å². The molecule has 0 aliphatic rings. The van der Waals surface area contributed by atoms with Crippen molar-refractivity contribution in [1.29, 1.82) is 0 Å². The van der Waals surface area contributed by atoms with E-state index in [1.165, 1.54) is 0 Å². The Balaban J connectivity index is 2.01. The maximum absolute atomic E-state index is 6.17. The first-order valence-corrected chi connectivity index (χ1v) is 6.49. The topological polar surface area (TPSA) is 24.9 Å². The molecule has 18 heavy (non-hydrogen) atoms. The van der Waals surface area contributed by atoms with E-state index in [1.54, 1.807) is 12.3 Å². The molecule has 1 N–H and O–H groups in total. The molecule has 1 aromatic heterocycles.